The van der Waals surface area contributed by atoms with Crippen LogP contribution in [0.4, 0.5) is 5.69 Å². The second-order valence-electron chi connectivity index (χ2n) is 4.63. The number of para-hydroxylation sites is 1. The molecule has 1 amide bonds. The van der Waals surface area contributed by atoms with E-state index in [4.69, 9.17) is 23.2 Å². The van der Waals surface area contributed by atoms with Gasteiger partial charge < -0.3 is 5.32 Å². The maximum atomic E-state index is 11.7. The van der Waals surface area contributed by atoms with Gasteiger partial charge in [0.15, 0.2) is 0 Å². The zero-order valence-electron chi connectivity index (χ0n) is 11.9. The van der Waals surface area contributed by atoms with Gasteiger partial charge in [0, 0.05) is 16.3 Å². The van der Waals surface area contributed by atoms with Crippen molar-refractivity contribution in [3.05, 3.63) is 63.6 Å². The summed E-state index contributed by atoms with van der Waals surface area (Å²) in [6.07, 6.45) is 1.48. The van der Waals surface area contributed by atoms with E-state index in [-0.39, 0.29) is 12.5 Å². The van der Waals surface area contributed by atoms with Gasteiger partial charge in [0.2, 0.25) is 0 Å². The standard InChI is InChI=1S/C16H15Cl2N3O/c1-11-4-2-3-5-15(11)19-10-16(22)21-20-9-12-6-7-13(17)8-14(12)18/h2-9,19H,10H2,1H3,(H,21,22)/b20-9+. The lowest BCUT2D eigenvalue weighted by Gasteiger charge is -2.07. The molecule has 0 radical (unpaired) electrons. The molecule has 0 aliphatic rings. The number of hydrogen-bond acceptors (Lipinski definition) is 3. The molecule has 2 aromatic rings. The topological polar surface area (TPSA) is 53.5 Å². The third kappa shape index (κ3) is 4.76. The number of nitrogens with one attached hydrogen (secondary N) is 2. The van der Waals surface area contributed by atoms with Crippen LogP contribution in [-0.4, -0.2) is 18.7 Å². The first-order valence-electron chi connectivity index (χ1n) is 6.63. The summed E-state index contributed by atoms with van der Waals surface area (Å²) >= 11 is 11.8. The molecule has 22 heavy (non-hydrogen) atoms. The Labute approximate surface area is 139 Å². The highest BCUT2D eigenvalue weighted by molar-refractivity contribution is 6.36. The van der Waals surface area contributed by atoms with Gasteiger partial charge in [0.1, 0.15) is 0 Å². The van der Waals surface area contributed by atoms with Crippen LogP contribution in [0.2, 0.25) is 10.0 Å². The minimum Gasteiger partial charge on any atom is -0.376 e. The van der Waals surface area contributed by atoms with Crippen molar-refractivity contribution >= 4 is 41.0 Å². The Morgan fingerprint density at radius 3 is 2.73 bits per heavy atom. The molecule has 0 aromatic heterocycles. The van der Waals surface area contributed by atoms with E-state index < -0.39 is 0 Å². The summed E-state index contributed by atoms with van der Waals surface area (Å²) in [6.45, 7) is 2.11. The SMILES string of the molecule is Cc1ccccc1NCC(=O)N/N=C/c1ccc(Cl)cc1Cl. The van der Waals surface area contributed by atoms with Crippen molar-refractivity contribution in [3.8, 4) is 0 Å². The zero-order chi connectivity index (χ0) is 15.9. The molecule has 0 spiro atoms. The summed E-state index contributed by atoms with van der Waals surface area (Å²) in [5.74, 6) is -0.246. The van der Waals surface area contributed by atoms with Gasteiger partial charge in [-0.15, -0.1) is 0 Å². The van der Waals surface area contributed by atoms with Gasteiger partial charge in [0.05, 0.1) is 17.8 Å². The predicted octanol–water partition coefficient (Wildman–Crippen LogP) is 3.86. The number of rotatable bonds is 5. The van der Waals surface area contributed by atoms with Crippen LogP contribution < -0.4 is 10.7 Å². The average Bonchev–Trinajstić information content (AvgIpc) is 2.49. The van der Waals surface area contributed by atoms with E-state index in [2.05, 4.69) is 15.8 Å². The Kier molecular flexibility index (Phi) is 5.81. The maximum absolute atomic E-state index is 11.7. The number of carbonyl (C=O) groups excluding carboxylic acids is 1. The molecule has 0 saturated carbocycles. The van der Waals surface area contributed by atoms with E-state index in [1.54, 1.807) is 18.2 Å². The van der Waals surface area contributed by atoms with Crippen LogP contribution in [0.15, 0.2) is 47.6 Å². The Morgan fingerprint density at radius 2 is 2.00 bits per heavy atom. The number of carbonyl (C=O) groups is 1. The molecule has 4 nitrogen and oxygen atoms in total. The third-order valence-electron chi connectivity index (χ3n) is 2.94. The van der Waals surface area contributed by atoms with Gasteiger partial charge in [-0.25, -0.2) is 5.43 Å². The molecule has 2 N–H and O–H groups in total. The Hall–Kier alpha value is -2.04. The monoisotopic (exact) mass is 335 g/mol. The van der Waals surface area contributed by atoms with Crippen LogP contribution in [0, 0.1) is 6.92 Å². The maximum Gasteiger partial charge on any atom is 0.259 e. The van der Waals surface area contributed by atoms with E-state index in [0.717, 1.165) is 11.3 Å². The first-order valence-corrected chi connectivity index (χ1v) is 7.38. The highest BCUT2D eigenvalue weighted by atomic mass is 35.5. The van der Waals surface area contributed by atoms with Crippen molar-refractivity contribution in [2.45, 2.75) is 6.92 Å². The van der Waals surface area contributed by atoms with E-state index >= 15 is 0 Å². The third-order valence-corrected chi connectivity index (χ3v) is 3.50. The highest BCUT2D eigenvalue weighted by Gasteiger charge is 2.02. The summed E-state index contributed by atoms with van der Waals surface area (Å²) < 4.78 is 0. The van der Waals surface area contributed by atoms with Crippen LogP contribution in [0.25, 0.3) is 0 Å². The molecule has 6 heteroatoms. The zero-order valence-corrected chi connectivity index (χ0v) is 13.4. The van der Waals surface area contributed by atoms with E-state index in [0.29, 0.717) is 15.6 Å². The summed E-state index contributed by atoms with van der Waals surface area (Å²) in [7, 11) is 0. The molecule has 0 aliphatic carbocycles. The molecule has 0 fully saturated rings. The molecule has 0 bridgehead atoms. The largest absolute Gasteiger partial charge is 0.376 e. The molecule has 0 aliphatic heterocycles. The minimum atomic E-state index is -0.246. The van der Waals surface area contributed by atoms with Crippen LogP contribution in [0.5, 0.6) is 0 Å². The fraction of sp³-hybridized carbons (Fsp3) is 0.125. The van der Waals surface area contributed by atoms with Crippen molar-refractivity contribution in [2.75, 3.05) is 11.9 Å². The number of benzene rings is 2. The number of halogens is 2. The van der Waals surface area contributed by atoms with Crippen molar-refractivity contribution in [2.24, 2.45) is 5.10 Å². The van der Waals surface area contributed by atoms with Gasteiger partial charge in [-0.3, -0.25) is 4.79 Å². The van der Waals surface area contributed by atoms with Crippen molar-refractivity contribution < 1.29 is 4.79 Å². The number of hydrogen-bond donors (Lipinski definition) is 2. The quantitative estimate of drug-likeness (QED) is 0.643. The molecule has 114 valence electrons. The van der Waals surface area contributed by atoms with Crippen molar-refractivity contribution in [1.82, 2.24) is 5.43 Å². The van der Waals surface area contributed by atoms with Gasteiger partial charge >= 0.3 is 0 Å². The summed E-state index contributed by atoms with van der Waals surface area (Å²) in [5.41, 5.74) is 5.11. The Balaban J connectivity index is 1.85. The molecular weight excluding hydrogens is 321 g/mol. The molecule has 2 rings (SSSR count). The average molecular weight is 336 g/mol. The van der Waals surface area contributed by atoms with Crippen molar-refractivity contribution in [3.63, 3.8) is 0 Å². The smallest absolute Gasteiger partial charge is 0.259 e. The van der Waals surface area contributed by atoms with Gasteiger partial charge in [-0.1, -0.05) is 47.5 Å². The van der Waals surface area contributed by atoms with E-state index in [9.17, 15) is 4.79 Å². The van der Waals surface area contributed by atoms with E-state index in [1.165, 1.54) is 6.21 Å². The second-order valence-corrected chi connectivity index (χ2v) is 5.47. The fourth-order valence-corrected chi connectivity index (χ4v) is 2.22. The van der Waals surface area contributed by atoms with E-state index in [1.807, 2.05) is 31.2 Å². The summed E-state index contributed by atoms with van der Waals surface area (Å²) in [6, 6.07) is 12.8. The molecule has 0 heterocycles. The fourth-order valence-electron chi connectivity index (χ4n) is 1.77. The Morgan fingerprint density at radius 1 is 1.23 bits per heavy atom. The lowest BCUT2D eigenvalue weighted by atomic mass is 10.2. The number of aryl methyl sites for hydroxylation is 1. The van der Waals surface area contributed by atoms with Crippen LogP contribution >= 0.6 is 23.2 Å². The number of amides is 1. The summed E-state index contributed by atoms with van der Waals surface area (Å²) in [5, 5.41) is 7.95. The predicted molar refractivity (Wildman–Crippen MR) is 91.9 cm³/mol. The number of nitrogens with zero attached hydrogens (tertiary/aromatic N) is 1. The van der Waals surface area contributed by atoms with Crippen molar-refractivity contribution in [1.29, 1.82) is 0 Å². The molecular formula is C16H15Cl2N3O. The first kappa shape index (κ1) is 16.3. The van der Waals surface area contributed by atoms with Gasteiger partial charge in [-0.05, 0) is 30.7 Å². The van der Waals surface area contributed by atoms with Crippen LogP contribution in [-0.2, 0) is 4.79 Å². The lowest BCUT2D eigenvalue weighted by Crippen LogP contribution is -2.26. The molecule has 0 unspecified atom stereocenters. The van der Waals surface area contributed by atoms with Crippen LogP contribution in [0.1, 0.15) is 11.1 Å². The second kappa shape index (κ2) is 7.82. The van der Waals surface area contributed by atoms with Gasteiger partial charge in [-0.2, -0.15) is 5.10 Å². The van der Waals surface area contributed by atoms with Crippen LogP contribution in [0.3, 0.4) is 0 Å². The minimum absolute atomic E-state index is 0.135. The highest BCUT2D eigenvalue weighted by Crippen LogP contribution is 2.19. The normalized spacial score (nSPS) is 10.7. The van der Waals surface area contributed by atoms with Gasteiger partial charge in [0.25, 0.3) is 5.91 Å². The summed E-state index contributed by atoms with van der Waals surface area (Å²) in [4.78, 5) is 11.7. The number of hydrazone groups is 1. The first-order chi connectivity index (χ1) is 10.6. The molecule has 2 aromatic carbocycles. The molecule has 0 atom stereocenters. The lowest BCUT2D eigenvalue weighted by molar-refractivity contribution is -0.119. The molecule has 0 saturated heterocycles. The number of anilines is 1. The Bertz CT molecular complexity index is 702.